The van der Waals surface area contributed by atoms with Gasteiger partial charge in [0.1, 0.15) is 5.37 Å². The lowest BCUT2D eigenvalue weighted by molar-refractivity contribution is 0.00578. The van der Waals surface area contributed by atoms with Gasteiger partial charge in [-0.05, 0) is 69.6 Å². The number of sulfone groups is 1. The number of carboxylic acid groups (broad SMARTS) is 1. The van der Waals surface area contributed by atoms with Crippen LogP contribution in [0.15, 0.2) is 47.5 Å². The topological polar surface area (TPSA) is 136 Å². The van der Waals surface area contributed by atoms with Crippen molar-refractivity contribution in [3.8, 4) is 0 Å². The number of benzene rings is 2. The summed E-state index contributed by atoms with van der Waals surface area (Å²) in [4.78, 5) is 16.7. The Morgan fingerprint density at radius 3 is 2.46 bits per heavy atom. The van der Waals surface area contributed by atoms with Crippen molar-refractivity contribution >= 4 is 62.3 Å². The van der Waals surface area contributed by atoms with Crippen LogP contribution in [0.2, 0.25) is 5.02 Å². The average molecular weight is 574 g/mol. The van der Waals surface area contributed by atoms with Crippen molar-refractivity contribution in [1.82, 2.24) is 10.3 Å². The number of nitrogens with zero attached hydrogens (tertiary/aromatic N) is 1. The molecule has 1 atom stereocenters. The fraction of sp³-hybridized carbons (Fsp3) is 0.385. The minimum atomic E-state index is -3.91. The lowest BCUT2D eigenvalue weighted by atomic mass is 9.78. The van der Waals surface area contributed by atoms with E-state index in [-0.39, 0.29) is 22.9 Å². The van der Waals surface area contributed by atoms with E-state index >= 15 is 0 Å². The average Bonchev–Trinajstić information content (AvgIpc) is 3.11. The van der Waals surface area contributed by atoms with Gasteiger partial charge in [-0.25, -0.2) is 18.2 Å². The largest absolute Gasteiger partial charge is 0.494 e. The number of carboxylic acids is 1. The fourth-order valence-corrected chi connectivity index (χ4v) is 6.01. The molecule has 3 aromatic rings. The number of fused-ring (bicyclic) bond motifs is 1. The standard InChI is InChI=1S/C26H29BClN3O7S/c1-25(2)26(3,4)38-27(37-25)15-5-7-20(18(11-15)24(32)33)30-21-13-22(31-19-8-6-16(28)12-17(19)21)39(34,35)23-14-36-10-9-29-23/h5-8,11-13,23,29H,9-10,14H2,1-4H3,(H,30,31)(H,32,33). The number of anilines is 2. The van der Waals surface area contributed by atoms with Gasteiger partial charge >= 0.3 is 13.1 Å². The van der Waals surface area contributed by atoms with Gasteiger partial charge in [-0.3, -0.25) is 5.32 Å². The highest BCUT2D eigenvalue weighted by Crippen LogP contribution is 2.37. The zero-order chi connectivity index (χ0) is 28.2. The molecule has 2 aliphatic rings. The molecule has 0 amide bonds. The molecule has 39 heavy (non-hydrogen) atoms. The first-order valence-electron chi connectivity index (χ1n) is 12.4. The van der Waals surface area contributed by atoms with Gasteiger partial charge in [0.25, 0.3) is 0 Å². The molecule has 0 spiro atoms. The van der Waals surface area contributed by atoms with Gasteiger partial charge in [0.15, 0.2) is 5.03 Å². The molecular weight excluding hydrogens is 545 g/mol. The Balaban J connectivity index is 1.56. The normalized spacial score (nSPS) is 20.7. The summed E-state index contributed by atoms with van der Waals surface area (Å²) in [6.45, 7) is 8.48. The van der Waals surface area contributed by atoms with Crippen LogP contribution < -0.4 is 16.1 Å². The predicted molar refractivity (Wildman–Crippen MR) is 149 cm³/mol. The van der Waals surface area contributed by atoms with Crippen LogP contribution in [0.25, 0.3) is 10.9 Å². The summed E-state index contributed by atoms with van der Waals surface area (Å²) in [6, 6.07) is 11.1. The Bertz CT molecular complexity index is 1540. The molecule has 1 aromatic heterocycles. The predicted octanol–water partition coefficient (Wildman–Crippen LogP) is 3.35. The molecule has 0 radical (unpaired) electrons. The Kier molecular flexibility index (Phi) is 7.15. The van der Waals surface area contributed by atoms with Crippen molar-refractivity contribution in [3.05, 3.63) is 53.1 Å². The van der Waals surface area contributed by atoms with Gasteiger partial charge in [-0.2, -0.15) is 0 Å². The molecule has 0 aliphatic carbocycles. The SMILES string of the molecule is CC1(C)OB(c2ccc(Nc3cc(S(=O)(=O)C4COCCN4)nc4ccc(Cl)cc34)c(C(=O)O)c2)OC1(C)C. The number of hydrogen-bond acceptors (Lipinski definition) is 9. The third kappa shape index (κ3) is 5.24. The first-order valence-corrected chi connectivity index (χ1v) is 14.4. The van der Waals surface area contributed by atoms with Gasteiger partial charge in [0, 0.05) is 17.0 Å². The lowest BCUT2D eigenvalue weighted by Crippen LogP contribution is -2.46. The number of rotatable bonds is 6. The molecule has 206 valence electrons. The molecule has 3 N–H and O–H groups in total. The van der Waals surface area contributed by atoms with Gasteiger partial charge in [-0.15, -0.1) is 0 Å². The Morgan fingerprint density at radius 1 is 1.10 bits per heavy atom. The van der Waals surface area contributed by atoms with Crippen LogP contribution in [0.5, 0.6) is 0 Å². The number of carbonyl (C=O) groups is 1. The lowest BCUT2D eigenvalue weighted by Gasteiger charge is -2.32. The van der Waals surface area contributed by atoms with Crippen LogP contribution in [-0.4, -0.2) is 67.9 Å². The number of ether oxygens (including phenoxy) is 1. The zero-order valence-electron chi connectivity index (χ0n) is 21.9. The minimum Gasteiger partial charge on any atom is -0.478 e. The zero-order valence-corrected chi connectivity index (χ0v) is 23.5. The summed E-state index contributed by atoms with van der Waals surface area (Å²) in [7, 11) is -4.66. The van der Waals surface area contributed by atoms with Crippen LogP contribution in [0.4, 0.5) is 11.4 Å². The van der Waals surface area contributed by atoms with Crippen molar-refractivity contribution in [1.29, 1.82) is 0 Å². The van der Waals surface area contributed by atoms with Crippen molar-refractivity contribution in [2.45, 2.75) is 49.3 Å². The molecule has 2 fully saturated rings. The van der Waals surface area contributed by atoms with Crippen LogP contribution in [-0.2, 0) is 23.9 Å². The van der Waals surface area contributed by atoms with E-state index in [2.05, 4.69) is 15.6 Å². The summed E-state index contributed by atoms with van der Waals surface area (Å²) in [5.74, 6) is -1.18. The van der Waals surface area contributed by atoms with Crippen molar-refractivity contribution < 1.29 is 32.4 Å². The fourth-order valence-electron chi connectivity index (χ4n) is 4.43. The number of pyridine rings is 1. The second-order valence-corrected chi connectivity index (χ2v) is 13.1. The highest BCUT2D eigenvalue weighted by atomic mass is 35.5. The van der Waals surface area contributed by atoms with E-state index in [0.717, 1.165) is 0 Å². The first-order chi connectivity index (χ1) is 18.3. The maximum absolute atomic E-state index is 13.4. The Hall–Kier alpha value is -2.74. The van der Waals surface area contributed by atoms with Crippen LogP contribution in [0.1, 0.15) is 38.1 Å². The van der Waals surface area contributed by atoms with Crippen molar-refractivity contribution in [3.63, 3.8) is 0 Å². The van der Waals surface area contributed by atoms with E-state index in [4.69, 9.17) is 25.6 Å². The van der Waals surface area contributed by atoms with E-state index in [1.165, 1.54) is 12.1 Å². The smallest absolute Gasteiger partial charge is 0.478 e. The minimum absolute atomic E-state index is 0.00499. The number of aromatic carboxylic acids is 1. The number of aromatic nitrogens is 1. The van der Waals surface area contributed by atoms with Gasteiger partial charge in [0.2, 0.25) is 9.84 Å². The summed E-state index contributed by atoms with van der Waals surface area (Å²) >= 11 is 6.24. The molecule has 2 aliphatic heterocycles. The first kappa shape index (κ1) is 27.8. The number of halogens is 1. The summed E-state index contributed by atoms with van der Waals surface area (Å²) in [5, 5.41) is 15.9. The van der Waals surface area contributed by atoms with E-state index in [1.807, 2.05) is 27.7 Å². The second kappa shape index (κ2) is 10.0. The van der Waals surface area contributed by atoms with Gasteiger partial charge in [0.05, 0.1) is 46.9 Å². The number of hydrogen-bond donors (Lipinski definition) is 3. The van der Waals surface area contributed by atoms with Crippen molar-refractivity contribution in [2.24, 2.45) is 0 Å². The number of morpholine rings is 1. The number of nitrogens with one attached hydrogen (secondary N) is 2. The third-order valence-corrected chi connectivity index (χ3v) is 9.45. The van der Waals surface area contributed by atoms with Crippen LogP contribution in [0.3, 0.4) is 0 Å². The Labute approximate surface area is 232 Å². The van der Waals surface area contributed by atoms with Gasteiger partial charge < -0.3 is 24.5 Å². The van der Waals surface area contributed by atoms with Crippen LogP contribution >= 0.6 is 11.6 Å². The molecule has 0 bridgehead atoms. The van der Waals surface area contributed by atoms with Crippen LogP contribution in [0, 0.1) is 0 Å². The van der Waals surface area contributed by atoms with Gasteiger partial charge in [-0.1, -0.05) is 17.7 Å². The molecule has 2 aromatic carbocycles. The Morgan fingerprint density at radius 2 is 1.82 bits per heavy atom. The monoisotopic (exact) mass is 573 g/mol. The summed E-state index contributed by atoms with van der Waals surface area (Å²) < 4.78 is 44.3. The molecular formula is C26H29BClN3O7S. The molecule has 10 nitrogen and oxygen atoms in total. The van der Waals surface area contributed by atoms with E-state index < -0.39 is 39.5 Å². The van der Waals surface area contributed by atoms with E-state index in [1.54, 1.807) is 30.3 Å². The quantitative estimate of drug-likeness (QED) is 0.377. The second-order valence-electron chi connectivity index (χ2n) is 10.6. The third-order valence-electron chi connectivity index (χ3n) is 7.37. The molecule has 5 rings (SSSR count). The van der Waals surface area contributed by atoms with Crippen molar-refractivity contribution in [2.75, 3.05) is 25.1 Å². The highest BCUT2D eigenvalue weighted by Gasteiger charge is 2.51. The van der Waals surface area contributed by atoms with E-state index in [9.17, 15) is 18.3 Å². The highest BCUT2D eigenvalue weighted by molar-refractivity contribution is 7.92. The molecule has 3 heterocycles. The summed E-state index contributed by atoms with van der Waals surface area (Å²) in [6.07, 6.45) is 0. The van der Waals surface area contributed by atoms with E-state index in [0.29, 0.717) is 40.2 Å². The molecule has 1 unspecified atom stereocenters. The molecule has 13 heteroatoms. The summed E-state index contributed by atoms with van der Waals surface area (Å²) in [5.41, 5.74) is 0.291. The maximum Gasteiger partial charge on any atom is 0.494 e. The molecule has 2 saturated heterocycles. The maximum atomic E-state index is 13.4. The molecule has 0 saturated carbocycles.